The van der Waals surface area contributed by atoms with Gasteiger partial charge in [0.05, 0.1) is 18.8 Å². The van der Waals surface area contributed by atoms with E-state index in [2.05, 4.69) is 24.0 Å². The third kappa shape index (κ3) is 3.57. The second-order valence-electron chi connectivity index (χ2n) is 7.51. The molecule has 142 valence electrons. The standard InChI is InChI=1S/C22H25NO4/c1-14-19(7-8-20-21(14)13-27-22(20)25)16-9-17(24)12-23(11-16)10-15-3-5-18(26-2)6-4-15/h3-8,16-17,24H,9-13H2,1-2H3. The molecule has 0 amide bonds. The molecule has 5 heteroatoms. The molecule has 5 nitrogen and oxygen atoms in total. The number of methoxy groups -OCH3 is 1. The van der Waals surface area contributed by atoms with Crippen molar-refractivity contribution >= 4 is 5.97 Å². The number of fused-ring (bicyclic) bond motifs is 1. The van der Waals surface area contributed by atoms with Crippen molar-refractivity contribution in [3.8, 4) is 5.75 Å². The Morgan fingerprint density at radius 2 is 1.96 bits per heavy atom. The summed E-state index contributed by atoms with van der Waals surface area (Å²) < 4.78 is 10.4. The van der Waals surface area contributed by atoms with Crippen molar-refractivity contribution in [3.63, 3.8) is 0 Å². The highest BCUT2D eigenvalue weighted by molar-refractivity contribution is 5.94. The maximum Gasteiger partial charge on any atom is 0.338 e. The van der Waals surface area contributed by atoms with E-state index in [1.54, 1.807) is 7.11 Å². The first-order chi connectivity index (χ1) is 13.0. The van der Waals surface area contributed by atoms with Crippen molar-refractivity contribution in [3.05, 3.63) is 64.2 Å². The Morgan fingerprint density at radius 1 is 1.19 bits per heavy atom. The number of benzene rings is 2. The lowest BCUT2D eigenvalue weighted by atomic mass is 9.84. The van der Waals surface area contributed by atoms with E-state index in [1.807, 2.05) is 24.3 Å². The number of nitrogens with zero attached hydrogens (tertiary/aromatic N) is 1. The maximum atomic E-state index is 11.8. The lowest BCUT2D eigenvalue weighted by molar-refractivity contribution is 0.0535. The minimum atomic E-state index is -0.354. The smallest absolute Gasteiger partial charge is 0.338 e. The van der Waals surface area contributed by atoms with Crippen LogP contribution in [0.4, 0.5) is 0 Å². The number of ether oxygens (including phenoxy) is 2. The zero-order valence-electron chi connectivity index (χ0n) is 15.8. The van der Waals surface area contributed by atoms with Crippen molar-refractivity contribution in [2.24, 2.45) is 0 Å². The molecule has 1 N–H and O–H groups in total. The molecule has 1 fully saturated rings. The van der Waals surface area contributed by atoms with Gasteiger partial charge >= 0.3 is 5.97 Å². The molecule has 2 aromatic rings. The molecule has 0 saturated carbocycles. The quantitative estimate of drug-likeness (QED) is 0.842. The summed E-state index contributed by atoms with van der Waals surface area (Å²) in [6.45, 7) is 4.78. The second-order valence-corrected chi connectivity index (χ2v) is 7.51. The van der Waals surface area contributed by atoms with Crippen LogP contribution in [-0.2, 0) is 17.9 Å². The SMILES string of the molecule is COc1ccc(CN2CC(O)CC(c3ccc4c(c3C)COC4=O)C2)cc1. The van der Waals surface area contributed by atoms with Crippen LogP contribution in [0, 0.1) is 6.92 Å². The van der Waals surface area contributed by atoms with Crippen molar-refractivity contribution in [2.45, 2.75) is 38.5 Å². The Hall–Kier alpha value is -2.37. The van der Waals surface area contributed by atoms with Gasteiger partial charge in [0, 0.05) is 25.2 Å². The highest BCUT2D eigenvalue weighted by Crippen LogP contribution is 2.34. The fraction of sp³-hybridized carbons (Fsp3) is 0.409. The van der Waals surface area contributed by atoms with Crippen LogP contribution in [0.2, 0.25) is 0 Å². The Bertz CT molecular complexity index is 846. The fourth-order valence-electron chi connectivity index (χ4n) is 4.32. The summed E-state index contributed by atoms with van der Waals surface area (Å²) in [6.07, 6.45) is 0.389. The summed E-state index contributed by atoms with van der Waals surface area (Å²) in [6, 6.07) is 12.0. The van der Waals surface area contributed by atoms with Crippen LogP contribution in [0.3, 0.4) is 0 Å². The van der Waals surface area contributed by atoms with Gasteiger partial charge in [0.25, 0.3) is 0 Å². The molecular weight excluding hydrogens is 342 g/mol. The van der Waals surface area contributed by atoms with Crippen molar-refractivity contribution in [1.82, 2.24) is 4.90 Å². The Balaban J connectivity index is 1.53. The second kappa shape index (κ2) is 7.33. The van der Waals surface area contributed by atoms with Gasteiger partial charge in [0.15, 0.2) is 0 Å². The molecular formula is C22H25NO4. The zero-order chi connectivity index (χ0) is 19.0. The average molecular weight is 367 g/mol. The highest BCUT2D eigenvalue weighted by atomic mass is 16.5. The topological polar surface area (TPSA) is 59.0 Å². The predicted molar refractivity (Wildman–Crippen MR) is 102 cm³/mol. The molecule has 0 spiro atoms. The summed E-state index contributed by atoms with van der Waals surface area (Å²) in [5, 5.41) is 10.5. The summed E-state index contributed by atoms with van der Waals surface area (Å²) in [5.74, 6) is 0.860. The van der Waals surface area contributed by atoms with Crippen LogP contribution in [0.25, 0.3) is 0 Å². The van der Waals surface area contributed by atoms with E-state index in [-0.39, 0.29) is 18.0 Å². The highest BCUT2D eigenvalue weighted by Gasteiger charge is 2.31. The van der Waals surface area contributed by atoms with Gasteiger partial charge in [0.1, 0.15) is 12.4 Å². The minimum absolute atomic E-state index is 0.232. The molecule has 0 radical (unpaired) electrons. The number of piperidine rings is 1. The van der Waals surface area contributed by atoms with Crippen LogP contribution in [0.15, 0.2) is 36.4 Å². The number of esters is 1. The third-order valence-corrected chi connectivity index (χ3v) is 5.72. The van der Waals surface area contributed by atoms with E-state index in [0.717, 1.165) is 36.4 Å². The average Bonchev–Trinajstić information content (AvgIpc) is 3.04. The van der Waals surface area contributed by atoms with Crippen molar-refractivity contribution in [2.75, 3.05) is 20.2 Å². The number of β-amino-alcohol motifs (C(OH)–C–C–N with tert-alkyl or cyclic N) is 1. The van der Waals surface area contributed by atoms with Gasteiger partial charge in [-0.05, 0) is 54.2 Å². The van der Waals surface area contributed by atoms with Gasteiger partial charge in [-0.25, -0.2) is 4.79 Å². The number of hydrogen-bond acceptors (Lipinski definition) is 5. The minimum Gasteiger partial charge on any atom is -0.497 e. The first-order valence-electron chi connectivity index (χ1n) is 9.38. The Labute approximate surface area is 159 Å². The zero-order valence-corrected chi connectivity index (χ0v) is 15.8. The summed E-state index contributed by atoms with van der Waals surface area (Å²) in [4.78, 5) is 14.1. The molecule has 2 heterocycles. The van der Waals surface area contributed by atoms with E-state index >= 15 is 0 Å². The van der Waals surface area contributed by atoms with Gasteiger partial charge in [-0.1, -0.05) is 18.2 Å². The van der Waals surface area contributed by atoms with E-state index in [1.165, 1.54) is 11.1 Å². The van der Waals surface area contributed by atoms with Crippen LogP contribution in [0.1, 0.15) is 45.0 Å². The summed E-state index contributed by atoms with van der Waals surface area (Å²) in [7, 11) is 1.66. The monoisotopic (exact) mass is 367 g/mol. The number of aliphatic hydroxyl groups is 1. The molecule has 27 heavy (non-hydrogen) atoms. The summed E-state index contributed by atoms with van der Waals surface area (Å²) >= 11 is 0. The number of carbonyl (C=O) groups is 1. The Morgan fingerprint density at radius 3 is 2.70 bits per heavy atom. The fourth-order valence-corrected chi connectivity index (χ4v) is 4.32. The van der Waals surface area contributed by atoms with Gasteiger partial charge in [-0.2, -0.15) is 0 Å². The van der Waals surface area contributed by atoms with Crippen molar-refractivity contribution < 1.29 is 19.4 Å². The van der Waals surface area contributed by atoms with Gasteiger partial charge in [-0.3, -0.25) is 4.90 Å². The third-order valence-electron chi connectivity index (χ3n) is 5.72. The molecule has 2 atom stereocenters. The molecule has 0 aliphatic carbocycles. The number of rotatable bonds is 4. The molecule has 0 aromatic heterocycles. The van der Waals surface area contributed by atoms with E-state index < -0.39 is 0 Å². The molecule has 2 aromatic carbocycles. The number of aliphatic hydroxyl groups excluding tert-OH is 1. The van der Waals surface area contributed by atoms with Crippen LogP contribution in [0.5, 0.6) is 5.75 Å². The molecule has 1 saturated heterocycles. The number of likely N-dealkylation sites (tertiary alicyclic amines) is 1. The Kier molecular flexibility index (Phi) is 4.89. The summed E-state index contributed by atoms with van der Waals surface area (Å²) in [5.41, 5.74) is 5.22. The van der Waals surface area contributed by atoms with Gasteiger partial charge in [-0.15, -0.1) is 0 Å². The first-order valence-corrected chi connectivity index (χ1v) is 9.38. The van der Waals surface area contributed by atoms with Gasteiger partial charge in [0.2, 0.25) is 0 Å². The normalized spacial score (nSPS) is 22.4. The number of cyclic esters (lactones) is 1. The molecule has 2 unspecified atom stereocenters. The molecule has 2 aliphatic heterocycles. The number of carbonyl (C=O) groups excluding carboxylic acids is 1. The molecule has 0 bridgehead atoms. The van der Waals surface area contributed by atoms with E-state index in [4.69, 9.17) is 9.47 Å². The lowest BCUT2D eigenvalue weighted by Crippen LogP contribution is -2.41. The lowest BCUT2D eigenvalue weighted by Gasteiger charge is -2.36. The van der Waals surface area contributed by atoms with Crippen LogP contribution in [-0.4, -0.2) is 42.3 Å². The van der Waals surface area contributed by atoms with Crippen molar-refractivity contribution in [1.29, 1.82) is 0 Å². The van der Waals surface area contributed by atoms with E-state index in [9.17, 15) is 9.90 Å². The number of hydrogen-bond donors (Lipinski definition) is 1. The molecule has 2 aliphatic rings. The van der Waals surface area contributed by atoms with Crippen LogP contribution >= 0.6 is 0 Å². The van der Waals surface area contributed by atoms with Crippen LogP contribution < -0.4 is 4.74 Å². The van der Waals surface area contributed by atoms with E-state index in [0.29, 0.717) is 18.7 Å². The molecule has 4 rings (SSSR count). The first kappa shape index (κ1) is 18.0. The predicted octanol–water partition coefficient (Wildman–Crippen LogP) is 3.02. The maximum absolute atomic E-state index is 11.8. The largest absolute Gasteiger partial charge is 0.497 e. The van der Waals surface area contributed by atoms with Gasteiger partial charge < -0.3 is 14.6 Å².